The molecule has 1 heterocycles. The molecule has 0 aromatic carbocycles. The number of likely N-dealkylation sites (tertiary alicyclic amines) is 1. The fourth-order valence-electron chi connectivity index (χ4n) is 2.02. The van der Waals surface area contributed by atoms with Gasteiger partial charge >= 0.3 is 5.97 Å². The minimum Gasteiger partial charge on any atom is -0.459 e. The fraction of sp³-hybridized carbons (Fsp3) is 0.846. The number of amides is 1. The number of alkyl halides is 1. The molecule has 2 unspecified atom stereocenters. The molecule has 1 fully saturated rings. The van der Waals surface area contributed by atoms with E-state index in [4.69, 9.17) is 16.3 Å². The van der Waals surface area contributed by atoms with Gasteiger partial charge in [-0.3, -0.25) is 9.59 Å². The summed E-state index contributed by atoms with van der Waals surface area (Å²) >= 11 is 6.00. The Morgan fingerprint density at radius 2 is 2.06 bits per heavy atom. The van der Waals surface area contributed by atoms with Crippen molar-refractivity contribution in [1.29, 1.82) is 0 Å². The molecule has 0 aromatic rings. The largest absolute Gasteiger partial charge is 0.459 e. The quantitative estimate of drug-likeness (QED) is 0.574. The number of halogens is 1. The summed E-state index contributed by atoms with van der Waals surface area (Å²) in [5.41, 5.74) is -0.532. The van der Waals surface area contributed by atoms with Crippen LogP contribution in [0, 0.1) is 0 Å². The topological polar surface area (TPSA) is 46.6 Å². The molecule has 0 saturated carbocycles. The summed E-state index contributed by atoms with van der Waals surface area (Å²) in [5, 5.41) is -0.516. The van der Waals surface area contributed by atoms with E-state index in [-0.39, 0.29) is 24.5 Å². The van der Waals surface area contributed by atoms with Gasteiger partial charge in [0.25, 0.3) is 0 Å². The highest BCUT2D eigenvalue weighted by molar-refractivity contribution is 6.30. The van der Waals surface area contributed by atoms with E-state index in [0.29, 0.717) is 6.42 Å². The molecule has 0 bridgehead atoms. The van der Waals surface area contributed by atoms with Gasteiger partial charge in [-0.2, -0.15) is 0 Å². The summed E-state index contributed by atoms with van der Waals surface area (Å²) in [5.74, 6) is -0.541. The van der Waals surface area contributed by atoms with Gasteiger partial charge in [0, 0.05) is 6.04 Å². The van der Waals surface area contributed by atoms with Gasteiger partial charge in [-0.15, -0.1) is 11.6 Å². The fourth-order valence-corrected chi connectivity index (χ4v) is 2.30. The van der Waals surface area contributed by atoms with E-state index in [1.165, 1.54) is 0 Å². The second-order valence-electron chi connectivity index (χ2n) is 5.80. The van der Waals surface area contributed by atoms with Gasteiger partial charge in [0.2, 0.25) is 5.91 Å². The minimum absolute atomic E-state index is 0.0134. The smallest absolute Gasteiger partial charge is 0.326 e. The SMILES string of the molecule is CC1CCCC(Cl)C(=O)N1CC(=O)OC(C)(C)C. The van der Waals surface area contributed by atoms with Crippen LogP contribution in [0.5, 0.6) is 0 Å². The number of rotatable bonds is 2. The Morgan fingerprint density at radius 3 is 2.61 bits per heavy atom. The molecule has 1 rings (SSSR count). The van der Waals surface area contributed by atoms with Crippen LogP contribution in [-0.2, 0) is 14.3 Å². The molecule has 2 atom stereocenters. The van der Waals surface area contributed by atoms with E-state index in [9.17, 15) is 9.59 Å². The second kappa shape index (κ2) is 5.91. The van der Waals surface area contributed by atoms with Crippen LogP contribution in [0.2, 0.25) is 0 Å². The Labute approximate surface area is 114 Å². The van der Waals surface area contributed by atoms with Crippen LogP contribution in [0.3, 0.4) is 0 Å². The molecule has 4 nitrogen and oxygen atoms in total. The highest BCUT2D eigenvalue weighted by atomic mass is 35.5. The Kier molecular flexibility index (Phi) is 5.02. The maximum absolute atomic E-state index is 12.0. The number of esters is 1. The van der Waals surface area contributed by atoms with Crippen molar-refractivity contribution in [2.24, 2.45) is 0 Å². The summed E-state index contributed by atoms with van der Waals surface area (Å²) in [6.07, 6.45) is 2.46. The van der Waals surface area contributed by atoms with E-state index in [0.717, 1.165) is 12.8 Å². The Bertz CT molecular complexity index is 325. The van der Waals surface area contributed by atoms with Crippen molar-refractivity contribution in [2.45, 2.75) is 64.0 Å². The predicted molar refractivity (Wildman–Crippen MR) is 70.5 cm³/mol. The third kappa shape index (κ3) is 4.48. The van der Waals surface area contributed by atoms with Gasteiger partial charge in [-0.1, -0.05) is 0 Å². The zero-order chi connectivity index (χ0) is 13.9. The van der Waals surface area contributed by atoms with E-state index in [1.54, 1.807) is 4.90 Å². The average Bonchev–Trinajstić information content (AvgIpc) is 2.30. The van der Waals surface area contributed by atoms with Gasteiger partial charge in [0.05, 0.1) is 0 Å². The Hall–Kier alpha value is -0.770. The van der Waals surface area contributed by atoms with E-state index < -0.39 is 11.0 Å². The lowest BCUT2D eigenvalue weighted by Crippen LogP contribution is -2.45. The first-order valence-electron chi connectivity index (χ1n) is 6.37. The molecule has 0 aromatic heterocycles. The molecule has 104 valence electrons. The van der Waals surface area contributed by atoms with Crippen molar-refractivity contribution < 1.29 is 14.3 Å². The second-order valence-corrected chi connectivity index (χ2v) is 6.33. The Balaban J connectivity index is 2.67. The summed E-state index contributed by atoms with van der Waals surface area (Å²) in [7, 11) is 0. The maximum atomic E-state index is 12.0. The third-order valence-electron chi connectivity index (χ3n) is 2.88. The standard InChI is InChI=1S/C13H22ClNO3/c1-9-6-5-7-10(14)12(17)15(9)8-11(16)18-13(2,3)4/h9-10H,5-8H2,1-4H3. The van der Waals surface area contributed by atoms with Crippen molar-refractivity contribution in [3.8, 4) is 0 Å². The molecular weight excluding hydrogens is 254 g/mol. The Morgan fingerprint density at radius 1 is 1.44 bits per heavy atom. The van der Waals surface area contributed by atoms with Crippen LogP contribution in [0.15, 0.2) is 0 Å². The van der Waals surface area contributed by atoms with Crippen LogP contribution in [0.4, 0.5) is 0 Å². The molecule has 1 aliphatic rings. The lowest BCUT2D eigenvalue weighted by molar-refractivity contribution is -0.159. The first kappa shape index (κ1) is 15.3. The van der Waals surface area contributed by atoms with Gasteiger partial charge in [-0.25, -0.2) is 0 Å². The maximum Gasteiger partial charge on any atom is 0.326 e. The summed E-state index contributed by atoms with van der Waals surface area (Å²) in [6.45, 7) is 7.35. The zero-order valence-corrected chi connectivity index (χ0v) is 12.3. The minimum atomic E-state index is -0.532. The summed E-state index contributed by atoms with van der Waals surface area (Å²) in [4.78, 5) is 25.4. The van der Waals surface area contributed by atoms with Crippen LogP contribution >= 0.6 is 11.6 Å². The van der Waals surface area contributed by atoms with Gasteiger partial charge in [0.15, 0.2) is 0 Å². The number of nitrogens with zero attached hydrogens (tertiary/aromatic N) is 1. The molecule has 0 radical (unpaired) electrons. The molecule has 5 heteroatoms. The molecule has 0 spiro atoms. The number of hydrogen-bond donors (Lipinski definition) is 0. The normalized spacial score (nSPS) is 25.8. The highest BCUT2D eigenvalue weighted by Gasteiger charge is 2.32. The monoisotopic (exact) mass is 275 g/mol. The molecular formula is C13H22ClNO3. The van der Waals surface area contributed by atoms with E-state index in [1.807, 2.05) is 27.7 Å². The first-order valence-corrected chi connectivity index (χ1v) is 6.81. The molecule has 1 amide bonds. The lowest BCUT2D eigenvalue weighted by atomic mass is 10.1. The average molecular weight is 276 g/mol. The molecule has 0 aliphatic carbocycles. The molecule has 0 N–H and O–H groups in total. The van der Waals surface area contributed by atoms with Crippen molar-refractivity contribution >= 4 is 23.5 Å². The number of hydrogen-bond acceptors (Lipinski definition) is 3. The van der Waals surface area contributed by atoms with Gasteiger partial charge in [-0.05, 0) is 47.0 Å². The van der Waals surface area contributed by atoms with Crippen LogP contribution in [0.25, 0.3) is 0 Å². The van der Waals surface area contributed by atoms with Crippen molar-refractivity contribution in [2.75, 3.05) is 6.54 Å². The molecule has 1 saturated heterocycles. The van der Waals surface area contributed by atoms with Crippen LogP contribution in [0.1, 0.15) is 47.0 Å². The van der Waals surface area contributed by atoms with Crippen molar-refractivity contribution in [3.63, 3.8) is 0 Å². The summed E-state index contributed by atoms with van der Waals surface area (Å²) < 4.78 is 5.24. The van der Waals surface area contributed by atoms with Crippen LogP contribution < -0.4 is 0 Å². The van der Waals surface area contributed by atoms with Gasteiger partial charge < -0.3 is 9.64 Å². The number of carbonyl (C=O) groups is 2. The molecule has 1 aliphatic heterocycles. The third-order valence-corrected chi connectivity index (χ3v) is 3.29. The number of carbonyl (C=O) groups excluding carboxylic acids is 2. The van der Waals surface area contributed by atoms with Gasteiger partial charge in [0.1, 0.15) is 17.5 Å². The zero-order valence-electron chi connectivity index (χ0n) is 11.5. The van der Waals surface area contributed by atoms with Crippen molar-refractivity contribution in [1.82, 2.24) is 4.90 Å². The number of ether oxygens (including phenoxy) is 1. The molecule has 18 heavy (non-hydrogen) atoms. The lowest BCUT2D eigenvalue weighted by Gasteiger charge is -2.29. The van der Waals surface area contributed by atoms with E-state index >= 15 is 0 Å². The highest BCUT2D eigenvalue weighted by Crippen LogP contribution is 2.21. The predicted octanol–water partition coefficient (Wildman–Crippen LogP) is 2.34. The van der Waals surface area contributed by atoms with Crippen molar-refractivity contribution in [3.05, 3.63) is 0 Å². The first-order chi connectivity index (χ1) is 8.20. The van der Waals surface area contributed by atoms with Crippen LogP contribution in [-0.4, -0.2) is 40.3 Å². The van der Waals surface area contributed by atoms with E-state index in [2.05, 4.69) is 0 Å². The summed E-state index contributed by atoms with van der Waals surface area (Å²) in [6, 6.07) is 0.0359.